The number of halogens is 1. The molecular weight excluding hydrogens is 277 g/mol. The van der Waals surface area contributed by atoms with E-state index in [1.54, 1.807) is 19.1 Å². The topological polar surface area (TPSA) is 79.5 Å². The molecule has 6 nitrogen and oxygen atoms in total. The lowest BCUT2D eigenvalue weighted by Gasteiger charge is -2.08. The summed E-state index contributed by atoms with van der Waals surface area (Å²) < 4.78 is 17.4. The Morgan fingerprint density at radius 1 is 1.05 bits per heavy atom. The number of carbonyl (C=O) groups excluding carboxylic acids is 2. The molecule has 1 aromatic carbocycles. The molecule has 3 amide bonds. The van der Waals surface area contributed by atoms with Gasteiger partial charge in [0.2, 0.25) is 0 Å². The van der Waals surface area contributed by atoms with Crippen molar-refractivity contribution in [3.8, 4) is 0 Å². The minimum atomic E-state index is -0.504. The SMILES string of the molecule is CCOC(=O)NCCNC(=O)NCCc1ccc(F)cc1. The Kier molecular flexibility index (Phi) is 7.63. The predicted octanol–water partition coefficient (Wildman–Crippen LogP) is 1.41. The third kappa shape index (κ3) is 7.76. The van der Waals surface area contributed by atoms with Crippen molar-refractivity contribution in [1.29, 1.82) is 0 Å². The molecular formula is C14H20FN3O3. The number of hydrogen-bond acceptors (Lipinski definition) is 3. The second-order valence-corrected chi connectivity index (χ2v) is 4.21. The normalized spacial score (nSPS) is 9.81. The molecule has 0 aromatic heterocycles. The molecule has 0 fully saturated rings. The first-order chi connectivity index (χ1) is 10.1. The number of hydrogen-bond donors (Lipinski definition) is 3. The maximum Gasteiger partial charge on any atom is 0.407 e. The highest BCUT2D eigenvalue weighted by Gasteiger charge is 2.01. The van der Waals surface area contributed by atoms with Crippen molar-refractivity contribution in [2.75, 3.05) is 26.2 Å². The van der Waals surface area contributed by atoms with Crippen LogP contribution in [0.4, 0.5) is 14.0 Å². The number of amides is 3. The molecule has 0 saturated carbocycles. The van der Waals surface area contributed by atoms with Gasteiger partial charge in [0.15, 0.2) is 0 Å². The molecule has 0 aliphatic heterocycles. The zero-order valence-corrected chi connectivity index (χ0v) is 11.9. The third-order valence-corrected chi connectivity index (χ3v) is 2.57. The van der Waals surface area contributed by atoms with E-state index in [0.717, 1.165) is 5.56 Å². The van der Waals surface area contributed by atoms with Gasteiger partial charge in [-0.2, -0.15) is 0 Å². The zero-order chi connectivity index (χ0) is 15.5. The summed E-state index contributed by atoms with van der Waals surface area (Å²) in [6.45, 7) is 3.07. The summed E-state index contributed by atoms with van der Waals surface area (Å²) in [6.07, 6.45) is 0.116. The molecule has 116 valence electrons. The quantitative estimate of drug-likeness (QED) is 0.666. The van der Waals surface area contributed by atoms with Crippen LogP contribution in [0, 0.1) is 5.82 Å². The van der Waals surface area contributed by atoms with Crippen LogP contribution in [0.2, 0.25) is 0 Å². The molecule has 0 radical (unpaired) electrons. The van der Waals surface area contributed by atoms with E-state index in [2.05, 4.69) is 20.7 Å². The van der Waals surface area contributed by atoms with E-state index in [-0.39, 0.29) is 11.8 Å². The lowest BCUT2D eigenvalue weighted by Crippen LogP contribution is -2.41. The van der Waals surface area contributed by atoms with Gasteiger partial charge < -0.3 is 20.7 Å². The Balaban J connectivity index is 2.06. The van der Waals surface area contributed by atoms with Crippen LogP contribution in [0.15, 0.2) is 24.3 Å². The minimum absolute atomic E-state index is 0.279. The van der Waals surface area contributed by atoms with Crippen LogP contribution in [0.25, 0.3) is 0 Å². The number of rotatable bonds is 7. The van der Waals surface area contributed by atoms with E-state index in [1.165, 1.54) is 12.1 Å². The van der Waals surface area contributed by atoms with Gasteiger partial charge in [-0.25, -0.2) is 14.0 Å². The first-order valence-electron chi connectivity index (χ1n) is 6.78. The first kappa shape index (κ1) is 16.7. The Morgan fingerprint density at radius 2 is 1.67 bits per heavy atom. The van der Waals surface area contributed by atoms with E-state index >= 15 is 0 Å². The van der Waals surface area contributed by atoms with Gasteiger partial charge in [0.1, 0.15) is 5.82 Å². The fourth-order valence-electron chi connectivity index (χ4n) is 1.56. The van der Waals surface area contributed by atoms with Gasteiger partial charge in [0.25, 0.3) is 0 Å². The molecule has 0 spiro atoms. The average molecular weight is 297 g/mol. The zero-order valence-electron chi connectivity index (χ0n) is 11.9. The summed E-state index contributed by atoms with van der Waals surface area (Å²) >= 11 is 0. The van der Waals surface area contributed by atoms with Crippen molar-refractivity contribution in [3.63, 3.8) is 0 Å². The smallest absolute Gasteiger partial charge is 0.407 e. The van der Waals surface area contributed by atoms with Gasteiger partial charge in [-0.15, -0.1) is 0 Å². The van der Waals surface area contributed by atoms with Crippen molar-refractivity contribution < 1.29 is 18.7 Å². The molecule has 21 heavy (non-hydrogen) atoms. The fraction of sp³-hybridized carbons (Fsp3) is 0.429. The number of benzene rings is 1. The van der Waals surface area contributed by atoms with Gasteiger partial charge in [-0.05, 0) is 31.0 Å². The summed E-state index contributed by atoms with van der Waals surface area (Å²) in [4.78, 5) is 22.4. The number of alkyl carbamates (subject to hydrolysis) is 1. The molecule has 0 bridgehead atoms. The predicted molar refractivity (Wildman–Crippen MR) is 76.5 cm³/mol. The van der Waals surface area contributed by atoms with Gasteiger partial charge in [0.05, 0.1) is 6.61 Å². The van der Waals surface area contributed by atoms with Gasteiger partial charge in [-0.1, -0.05) is 12.1 Å². The van der Waals surface area contributed by atoms with Crippen LogP contribution in [0.3, 0.4) is 0 Å². The largest absolute Gasteiger partial charge is 0.450 e. The summed E-state index contributed by atoms with van der Waals surface area (Å²) in [5.74, 6) is -0.279. The van der Waals surface area contributed by atoms with E-state index in [4.69, 9.17) is 0 Å². The van der Waals surface area contributed by atoms with Crippen LogP contribution >= 0.6 is 0 Å². The number of carbonyl (C=O) groups is 2. The van der Waals surface area contributed by atoms with Gasteiger partial charge in [0, 0.05) is 19.6 Å². The third-order valence-electron chi connectivity index (χ3n) is 2.57. The monoisotopic (exact) mass is 297 g/mol. The lowest BCUT2D eigenvalue weighted by atomic mass is 10.1. The Hall–Kier alpha value is -2.31. The van der Waals surface area contributed by atoms with Crippen molar-refractivity contribution in [3.05, 3.63) is 35.6 Å². The van der Waals surface area contributed by atoms with Crippen molar-refractivity contribution in [2.24, 2.45) is 0 Å². The molecule has 0 aliphatic rings. The van der Waals surface area contributed by atoms with E-state index < -0.39 is 6.09 Å². The van der Waals surface area contributed by atoms with Crippen molar-refractivity contribution >= 4 is 12.1 Å². The van der Waals surface area contributed by atoms with E-state index in [9.17, 15) is 14.0 Å². The maximum absolute atomic E-state index is 12.7. The molecule has 1 aromatic rings. The number of urea groups is 1. The minimum Gasteiger partial charge on any atom is -0.450 e. The van der Waals surface area contributed by atoms with Crippen LogP contribution in [0.1, 0.15) is 12.5 Å². The second kappa shape index (κ2) is 9.57. The van der Waals surface area contributed by atoms with Crippen LogP contribution < -0.4 is 16.0 Å². The summed E-state index contributed by atoms with van der Waals surface area (Å²) in [5.41, 5.74) is 0.945. The summed E-state index contributed by atoms with van der Waals surface area (Å²) in [5, 5.41) is 7.75. The molecule has 0 aliphatic carbocycles. The highest BCUT2D eigenvalue weighted by atomic mass is 19.1. The molecule has 0 heterocycles. The Labute approximate surface area is 123 Å². The van der Waals surface area contributed by atoms with E-state index in [1.807, 2.05) is 0 Å². The van der Waals surface area contributed by atoms with Crippen molar-refractivity contribution in [2.45, 2.75) is 13.3 Å². The standard InChI is InChI=1S/C14H20FN3O3/c1-2-21-14(20)18-10-9-17-13(19)16-8-7-11-3-5-12(15)6-4-11/h3-6H,2,7-10H2,1H3,(H,18,20)(H2,16,17,19). The molecule has 1 rings (SSSR count). The van der Waals surface area contributed by atoms with Crippen molar-refractivity contribution in [1.82, 2.24) is 16.0 Å². The fourth-order valence-corrected chi connectivity index (χ4v) is 1.56. The van der Waals surface area contributed by atoms with Crippen LogP contribution in [-0.4, -0.2) is 38.4 Å². The Morgan fingerprint density at radius 3 is 2.33 bits per heavy atom. The number of ether oxygens (including phenoxy) is 1. The highest BCUT2D eigenvalue weighted by molar-refractivity contribution is 5.74. The summed E-state index contributed by atoms with van der Waals surface area (Å²) in [6, 6.07) is 5.81. The maximum atomic E-state index is 12.7. The second-order valence-electron chi connectivity index (χ2n) is 4.21. The van der Waals surface area contributed by atoms with Gasteiger partial charge in [-0.3, -0.25) is 0 Å². The number of nitrogens with one attached hydrogen (secondary N) is 3. The van der Waals surface area contributed by atoms with E-state index in [0.29, 0.717) is 32.7 Å². The Bertz CT molecular complexity index is 451. The van der Waals surface area contributed by atoms with Gasteiger partial charge >= 0.3 is 12.1 Å². The molecule has 7 heteroatoms. The first-order valence-corrected chi connectivity index (χ1v) is 6.78. The highest BCUT2D eigenvalue weighted by Crippen LogP contribution is 2.02. The molecule has 0 atom stereocenters. The molecule has 0 unspecified atom stereocenters. The lowest BCUT2D eigenvalue weighted by molar-refractivity contribution is 0.152. The van der Waals surface area contributed by atoms with Crippen LogP contribution in [0.5, 0.6) is 0 Å². The molecule has 0 saturated heterocycles. The average Bonchev–Trinajstić information content (AvgIpc) is 2.46. The van der Waals surface area contributed by atoms with Crippen LogP contribution in [-0.2, 0) is 11.2 Å². The molecule has 3 N–H and O–H groups in total. The summed E-state index contributed by atoms with van der Waals surface area (Å²) in [7, 11) is 0.